The molecule has 35 heavy (non-hydrogen) atoms. The summed E-state index contributed by atoms with van der Waals surface area (Å²) in [6.45, 7) is 0. The Morgan fingerprint density at radius 2 is 1.74 bits per heavy atom. The van der Waals surface area contributed by atoms with E-state index in [9.17, 15) is 26.7 Å². The lowest BCUT2D eigenvalue weighted by Gasteiger charge is -2.05. The van der Waals surface area contributed by atoms with E-state index in [-0.39, 0.29) is 39.4 Å². The lowest BCUT2D eigenvalue weighted by atomic mass is 10.0. The molecule has 4 aromatic rings. The first-order valence-corrected chi connectivity index (χ1v) is 14.4. The standard InChI is InChI=1S/C23H21N3O7S2/c1-34(29,30)15-7-14(8-16(11-15)35(2,31)32)23-25-22(26-33-23)13-4-6-19-18(9-13)17-5-3-12(10-20(27)28)21(17)24-19/h4,6-9,11-12,24H,3,5,10H2,1-2H3,(H,27,28). The molecule has 5 rings (SSSR count). The van der Waals surface area contributed by atoms with Gasteiger partial charge in [-0.1, -0.05) is 5.16 Å². The zero-order valence-electron chi connectivity index (χ0n) is 18.8. The van der Waals surface area contributed by atoms with Gasteiger partial charge in [0.1, 0.15) is 0 Å². The van der Waals surface area contributed by atoms with Gasteiger partial charge in [-0.2, -0.15) is 4.98 Å². The number of hydrogen-bond acceptors (Lipinski definition) is 8. The molecule has 10 nitrogen and oxygen atoms in total. The Kier molecular flexibility index (Phi) is 5.33. The van der Waals surface area contributed by atoms with Gasteiger partial charge in [0, 0.05) is 46.2 Å². The monoisotopic (exact) mass is 515 g/mol. The Bertz CT molecular complexity index is 1670. The van der Waals surface area contributed by atoms with Crippen LogP contribution in [-0.2, 0) is 30.9 Å². The smallest absolute Gasteiger partial charge is 0.304 e. The molecule has 1 atom stereocenters. The van der Waals surface area contributed by atoms with Crippen LogP contribution < -0.4 is 0 Å². The summed E-state index contributed by atoms with van der Waals surface area (Å²) < 4.78 is 53.8. The second-order valence-electron chi connectivity index (χ2n) is 8.77. The van der Waals surface area contributed by atoms with Crippen LogP contribution in [0.3, 0.4) is 0 Å². The molecular formula is C23H21N3O7S2. The third-order valence-corrected chi connectivity index (χ3v) is 8.36. The van der Waals surface area contributed by atoms with E-state index in [2.05, 4.69) is 15.1 Å². The fourth-order valence-corrected chi connectivity index (χ4v) is 5.92. The van der Waals surface area contributed by atoms with Crippen LogP contribution in [0.1, 0.15) is 30.0 Å². The van der Waals surface area contributed by atoms with Crippen molar-refractivity contribution in [2.45, 2.75) is 35.0 Å². The molecule has 2 N–H and O–H groups in total. The van der Waals surface area contributed by atoms with Gasteiger partial charge in [-0.25, -0.2) is 16.8 Å². The summed E-state index contributed by atoms with van der Waals surface area (Å²) in [4.78, 5) is 18.6. The molecule has 182 valence electrons. The summed E-state index contributed by atoms with van der Waals surface area (Å²) in [6.07, 6.45) is 3.58. The molecule has 12 heteroatoms. The molecule has 0 saturated heterocycles. The molecule has 2 aromatic carbocycles. The fraction of sp³-hybridized carbons (Fsp3) is 0.261. The molecular weight excluding hydrogens is 494 g/mol. The Labute approximate surface area is 200 Å². The summed E-state index contributed by atoms with van der Waals surface area (Å²) in [5.74, 6) is -0.652. The topological polar surface area (TPSA) is 160 Å². The number of H-pyrrole nitrogens is 1. The molecule has 0 radical (unpaired) electrons. The maximum absolute atomic E-state index is 12.1. The molecule has 2 aromatic heterocycles. The predicted molar refractivity (Wildman–Crippen MR) is 127 cm³/mol. The number of aliphatic carboxylic acids is 1. The van der Waals surface area contributed by atoms with Crippen LogP contribution in [0.4, 0.5) is 0 Å². The lowest BCUT2D eigenvalue weighted by molar-refractivity contribution is -0.137. The molecule has 2 heterocycles. The fourth-order valence-electron chi connectivity index (χ4n) is 4.48. The molecule has 1 aliphatic carbocycles. The van der Waals surface area contributed by atoms with Crippen molar-refractivity contribution in [2.75, 3.05) is 12.5 Å². The van der Waals surface area contributed by atoms with Crippen molar-refractivity contribution in [1.82, 2.24) is 15.1 Å². The summed E-state index contributed by atoms with van der Waals surface area (Å²) in [7, 11) is -7.38. The number of sulfone groups is 2. The Hall–Kier alpha value is -3.51. The number of aromatic amines is 1. The second-order valence-corrected chi connectivity index (χ2v) is 12.8. The van der Waals surface area contributed by atoms with Crippen LogP contribution in [0.5, 0.6) is 0 Å². The molecule has 0 bridgehead atoms. The quantitative estimate of drug-likeness (QED) is 0.393. The SMILES string of the molecule is CS(=O)(=O)c1cc(-c2nc(-c3ccc4[nH]c5c(c4c3)CCC5CC(=O)O)no2)cc(S(C)(=O)=O)c1. The van der Waals surface area contributed by atoms with Crippen molar-refractivity contribution >= 4 is 36.5 Å². The van der Waals surface area contributed by atoms with E-state index < -0.39 is 25.6 Å². The van der Waals surface area contributed by atoms with Crippen molar-refractivity contribution in [3.63, 3.8) is 0 Å². The highest BCUT2D eigenvalue weighted by atomic mass is 32.2. The molecule has 1 unspecified atom stereocenters. The van der Waals surface area contributed by atoms with Crippen LogP contribution in [0.15, 0.2) is 50.7 Å². The van der Waals surface area contributed by atoms with E-state index in [1.54, 1.807) is 6.07 Å². The molecule has 1 aliphatic rings. The number of fused-ring (bicyclic) bond motifs is 3. The summed E-state index contributed by atoms with van der Waals surface area (Å²) in [5.41, 5.74) is 3.73. The molecule has 0 saturated carbocycles. The van der Waals surface area contributed by atoms with Crippen molar-refractivity contribution < 1.29 is 31.3 Å². The average Bonchev–Trinajstić information content (AvgIpc) is 3.48. The molecule has 0 aliphatic heterocycles. The largest absolute Gasteiger partial charge is 0.481 e. The van der Waals surface area contributed by atoms with Gasteiger partial charge in [0.25, 0.3) is 5.89 Å². The maximum Gasteiger partial charge on any atom is 0.304 e. The van der Waals surface area contributed by atoms with Crippen LogP contribution in [0, 0.1) is 0 Å². The number of rotatable bonds is 6. The molecule has 0 spiro atoms. The van der Waals surface area contributed by atoms with Crippen LogP contribution >= 0.6 is 0 Å². The van der Waals surface area contributed by atoms with Crippen LogP contribution in [-0.4, -0.2) is 55.5 Å². The van der Waals surface area contributed by atoms with E-state index in [4.69, 9.17) is 4.52 Å². The zero-order chi connectivity index (χ0) is 25.1. The zero-order valence-corrected chi connectivity index (χ0v) is 20.4. The van der Waals surface area contributed by atoms with Crippen LogP contribution in [0.2, 0.25) is 0 Å². The highest BCUT2D eigenvalue weighted by molar-refractivity contribution is 7.91. The normalized spacial score (nSPS) is 16.0. The first-order valence-electron chi connectivity index (χ1n) is 10.7. The van der Waals surface area contributed by atoms with Gasteiger partial charge in [-0.3, -0.25) is 4.79 Å². The minimum Gasteiger partial charge on any atom is -0.481 e. The Morgan fingerprint density at radius 3 is 2.37 bits per heavy atom. The highest BCUT2D eigenvalue weighted by Gasteiger charge is 2.28. The van der Waals surface area contributed by atoms with Gasteiger partial charge in [0.2, 0.25) is 5.82 Å². The van der Waals surface area contributed by atoms with Gasteiger partial charge in [-0.15, -0.1) is 0 Å². The third kappa shape index (κ3) is 4.34. The van der Waals surface area contributed by atoms with E-state index in [1.807, 2.05) is 12.1 Å². The number of carboxylic acids is 1. The predicted octanol–water partition coefficient (Wildman–Crippen LogP) is 3.20. The van der Waals surface area contributed by atoms with Crippen molar-refractivity contribution in [3.8, 4) is 22.8 Å². The van der Waals surface area contributed by atoms with Crippen molar-refractivity contribution in [3.05, 3.63) is 47.7 Å². The van der Waals surface area contributed by atoms with E-state index in [1.165, 1.54) is 12.1 Å². The Morgan fingerprint density at radius 1 is 1.06 bits per heavy atom. The minimum absolute atomic E-state index is 0.0173. The van der Waals surface area contributed by atoms with Gasteiger partial charge in [0.15, 0.2) is 19.7 Å². The number of carbonyl (C=O) groups is 1. The Balaban J connectivity index is 1.55. The first kappa shape index (κ1) is 23.2. The van der Waals surface area contributed by atoms with E-state index in [0.29, 0.717) is 5.56 Å². The minimum atomic E-state index is -3.69. The maximum atomic E-state index is 12.1. The number of hydrogen-bond donors (Lipinski definition) is 2. The summed E-state index contributed by atoms with van der Waals surface area (Å²) in [6, 6.07) is 9.26. The number of nitrogens with zero attached hydrogens (tertiary/aromatic N) is 2. The summed E-state index contributed by atoms with van der Waals surface area (Å²) >= 11 is 0. The summed E-state index contributed by atoms with van der Waals surface area (Å²) in [5, 5.41) is 14.1. The number of benzene rings is 2. The van der Waals surface area contributed by atoms with Gasteiger partial charge < -0.3 is 14.6 Å². The number of aromatic nitrogens is 3. The number of aryl methyl sites for hydroxylation is 1. The van der Waals surface area contributed by atoms with Crippen molar-refractivity contribution in [1.29, 1.82) is 0 Å². The van der Waals surface area contributed by atoms with E-state index >= 15 is 0 Å². The number of nitrogens with one attached hydrogen (secondary N) is 1. The first-order chi connectivity index (χ1) is 16.4. The van der Waals surface area contributed by atoms with Gasteiger partial charge >= 0.3 is 5.97 Å². The highest BCUT2D eigenvalue weighted by Crippen LogP contribution is 2.40. The van der Waals surface area contributed by atoms with E-state index in [0.717, 1.165) is 53.6 Å². The van der Waals surface area contributed by atoms with Crippen LogP contribution in [0.25, 0.3) is 33.7 Å². The second kappa shape index (κ2) is 8.02. The van der Waals surface area contributed by atoms with Gasteiger partial charge in [0.05, 0.1) is 16.2 Å². The van der Waals surface area contributed by atoms with Gasteiger partial charge in [-0.05, 0) is 54.8 Å². The number of carboxylic acid groups (broad SMARTS) is 1. The molecule has 0 amide bonds. The average molecular weight is 516 g/mol. The third-order valence-electron chi connectivity index (χ3n) is 6.18. The lowest BCUT2D eigenvalue weighted by Crippen LogP contribution is -2.03. The van der Waals surface area contributed by atoms with Crippen molar-refractivity contribution in [2.24, 2.45) is 0 Å². The molecule has 0 fully saturated rings.